The van der Waals surface area contributed by atoms with E-state index in [2.05, 4.69) is 215 Å². The summed E-state index contributed by atoms with van der Waals surface area (Å²) in [5.74, 6) is 0. The van der Waals surface area contributed by atoms with E-state index < -0.39 is 22.2 Å². The molecule has 0 spiro atoms. The van der Waals surface area contributed by atoms with Crippen molar-refractivity contribution in [1.82, 2.24) is 9.13 Å². The predicted molar refractivity (Wildman–Crippen MR) is 330 cm³/mol. The van der Waals surface area contributed by atoms with Gasteiger partial charge in [0, 0.05) is 43.7 Å². The zero-order valence-electron chi connectivity index (χ0n) is 46.8. The normalized spacial score (nSPS) is 13.1. The van der Waals surface area contributed by atoms with Crippen molar-refractivity contribution in [3.05, 3.63) is 303 Å². The van der Waals surface area contributed by atoms with Crippen molar-refractivity contribution >= 4 is 123 Å². The molecule has 0 aliphatic heterocycles. The van der Waals surface area contributed by atoms with E-state index in [1.807, 2.05) is 66.7 Å². The second-order valence-corrected chi connectivity index (χ2v) is 27.4. The Hall–Kier alpha value is -9.53. The van der Waals surface area contributed by atoms with Crippen LogP contribution in [0.1, 0.15) is 6.85 Å². The van der Waals surface area contributed by atoms with E-state index in [9.17, 15) is 2.74 Å². The van der Waals surface area contributed by atoms with Gasteiger partial charge in [0.2, 0.25) is 0 Å². The molecule has 0 aliphatic carbocycles. The molecule has 15 rings (SSSR count). The SMILES string of the molecule is [2H]c1c([2H])c([2H])c([Si](c2ccccc2)(c2ccccc2)c2ccc(-n3c4ccccc4c4ccc(-n5c6ccccc6c6c([Si](c7ccccc7)(c7ccccc7)c7cccc8c7oc7ccccc78)cccc65)cc43)cc2)c([2H])c1[2H]. The maximum absolute atomic E-state index is 9.52. The number of hydrogen-bond donors (Lipinski definition) is 0. The standard InChI is InChI=1S/C72H50N2OSi2/c1-6-24-53(25-7-1)76(54-26-8-2-9-27-54,55-28-10-3-11-29-55)58-47-44-51(45-48-58)73-64-38-19-16-34-59(64)60-49-46-52(50-67(60)73)74-65-39-20-17-36-63(65)71-66(74)40-23-42-69(71)77(56-30-12-4-13-31-56,57-32-14-5-15-33-57)70-43-22-37-62-61-35-18-21-41-68(61)75-72(62)70/h1-50H/i1D,6D,7D,24D,25D. The highest BCUT2D eigenvalue weighted by Crippen LogP contribution is 2.38. The van der Waals surface area contributed by atoms with Crippen LogP contribution in [0.2, 0.25) is 0 Å². The molecule has 0 aliphatic rings. The van der Waals surface area contributed by atoms with Gasteiger partial charge in [0.15, 0.2) is 16.1 Å². The number of nitrogens with zero attached hydrogens (tertiary/aromatic N) is 2. The first kappa shape index (κ1) is 39.9. The van der Waals surface area contributed by atoms with Crippen LogP contribution >= 0.6 is 0 Å². The number of furan rings is 1. The topological polar surface area (TPSA) is 23.0 Å². The maximum atomic E-state index is 9.52. The summed E-state index contributed by atoms with van der Waals surface area (Å²) in [6, 6.07) is 95.5. The molecule has 3 heterocycles. The number of hydrogen-bond acceptors (Lipinski definition) is 1. The Morgan fingerprint density at radius 1 is 0.299 bits per heavy atom. The van der Waals surface area contributed by atoms with Crippen molar-refractivity contribution in [1.29, 1.82) is 0 Å². The van der Waals surface area contributed by atoms with Crippen molar-refractivity contribution in [3.63, 3.8) is 0 Å². The molecule has 0 N–H and O–H groups in total. The summed E-state index contributed by atoms with van der Waals surface area (Å²) < 4.78 is 57.4. The van der Waals surface area contributed by atoms with Crippen molar-refractivity contribution in [3.8, 4) is 11.4 Å². The Morgan fingerprint density at radius 3 is 1.40 bits per heavy atom. The van der Waals surface area contributed by atoms with Crippen molar-refractivity contribution < 1.29 is 11.3 Å². The number of benzene rings is 12. The Morgan fingerprint density at radius 2 is 0.753 bits per heavy atom. The van der Waals surface area contributed by atoms with Crippen molar-refractivity contribution in [2.75, 3.05) is 0 Å². The lowest BCUT2D eigenvalue weighted by atomic mass is 10.1. The molecule has 0 fully saturated rings. The third kappa shape index (κ3) is 6.74. The van der Waals surface area contributed by atoms with E-state index in [1.54, 1.807) is 0 Å². The number of aromatic nitrogens is 2. The van der Waals surface area contributed by atoms with Crippen LogP contribution in [0.15, 0.2) is 308 Å². The summed E-state index contributed by atoms with van der Waals surface area (Å²) in [5, 5.41) is 14.9. The Balaban J connectivity index is 0.976. The molecule has 77 heavy (non-hydrogen) atoms. The molecule has 15 aromatic rings. The van der Waals surface area contributed by atoms with Crippen LogP contribution in [-0.2, 0) is 0 Å². The lowest BCUT2D eigenvalue weighted by Crippen LogP contribution is -2.75. The molecule has 5 heteroatoms. The Kier molecular flexibility index (Phi) is 9.37. The van der Waals surface area contributed by atoms with Gasteiger partial charge < -0.3 is 13.6 Å². The van der Waals surface area contributed by atoms with E-state index >= 15 is 0 Å². The van der Waals surface area contributed by atoms with Crippen LogP contribution in [0.3, 0.4) is 0 Å². The van der Waals surface area contributed by atoms with Gasteiger partial charge in [0.1, 0.15) is 11.2 Å². The van der Waals surface area contributed by atoms with Crippen LogP contribution in [-0.4, -0.2) is 25.3 Å². The van der Waals surface area contributed by atoms with Gasteiger partial charge in [0.25, 0.3) is 0 Å². The van der Waals surface area contributed by atoms with Gasteiger partial charge in [-0.1, -0.05) is 255 Å². The summed E-state index contributed by atoms with van der Waals surface area (Å²) in [6.07, 6.45) is 0. The quantitative estimate of drug-likeness (QED) is 0.0989. The second-order valence-electron chi connectivity index (χ2n) is 19.9. The van der Waals surface area contributed by atoms with Gasteiger partial charge >= 0.3 is 0 Å². The summed E-state index contributed by atoms with van der Waals surface area (Å²) in [4.78, 5) is 0. The van der Waals surface area contributed by atoms with Crippen LogP contribution in [0, 0.1) is 0 Å². The Bertz CT molecular complexity index is 4880. The van der Waals surface area contributed by atoms with Crippen molar-refractivity contribution in [2.24, 2.45) is 0 Å². The maximum Gasteiger partial charge on any atom is 0.184 e. The molecule has 0 atom stereocenters. The summed E-state index contributed by atoms with van der Waals surface area (Å²) in [7, 11) is -6.88. The van der Waals surface area contributed by atoms with Gasteiger partial charge in [0.05, 0.1) is 28.9 Å². The number of rotatable bonds is 10. The van der Waals surface area contributed by atoms with Crippen LogP contribution in [0.4, 0.5) is 0 Å². The fourth-order valence-corrected chi connectivity index (χ4v) is 22.5. The number of para-hydroxylation sites is 4. The lowest BCUT2D eigenvalue weighted by molar-refractivity contribution is 0.671. The molecule has 362 valence electrons. The molecule has 3 nitrogen and oxygen atoms in total. The minimum absolute atomic E-state index is 0.182. The molecule has 12 aromatic carbocycles. The molecule has 0 unspecified atom stereocenters. The third-order valence-electron chi connectivity index (χ3n) is 16.1. The molecule has 0 amide bonds. The zero-order chi connectivity index (χ0) is 55.3. The van der Waals surface area contributed by atoms with E-state index in [0.29, 0.717) is 5.19 Å². The van der Waals surface area contributed by atoms with E-state index in [1.165, 1.54) is 26.1 Å². The van der Waals surface area contributed by atoms with E-state index in [4.69, 9.17) is 8.53 Å². The van der Waals surface area contributed by atoms with Gasteiger partial charge in [-0.3, -0.25) is 0 Å². The lowest BCUT2D eigenvalue weighted by Gasteiger charge is -2.35. The Labute approximate surface area is 455 Å². The highest BCUT2D eigenvalue weighted by molar-refractivity contribution is 7.22. The molecule has 3 aromatic heterocycles. The molecule has 0 bridgehead atoms. The summed E-state index contributed by atoms with van der Waals surface area (Å²) in [5.41, 5.74) is 8.01. The molecule has 0 radical (unpaired) electrons. The number of fused-ring (bicyclic) bond motifs is 9. The average Bonchev–Trinajstić information content (AvgIpc) is 4.27. The van der Waals surface area contributed by atoms with Crippen LogP contribution in [0.5, 0.6) is 0 Å². The van der Waals surface area contributed by atoms with Gasteiger partial charge in [-0.05, 0) is 90.0 Å². The molecule has 0 saturated carbocycles. The summed E-state index contributed by atoms with van der Waals surface area (Å²) in [6.45, 7) is 0. The van der Waals surface area contributed by atoms with Crippen molar-refractivity contribution in [2.45, 2.75) is 0 Å². The first-order chi connectivity index (χ1) is 40.3. The molecular formula is C72H50N2OSi2. The third-order valence-corrected chi connectivity index (χ3v) is 25.5. The smallest absolute Gasteiger partial charge is 0.184 e. The molecular weight excluding hydrogens is 965 g/mol. The van der Waals surface area contributed by atoms with Gasteiger partial charge in [-0.25, -0.2) is 0 Å². The van der Waals surface area contributed by atoms with E-state index in [-0.39, 0.29) is 24.2 Å². The average molecular weight is 1020 g/mol. The zero-order valence-corrected chi connectivity index (χ0v) is 43.8. The molecule has 0 saturated heterocycles. The second kappa shape index (κ2) is 18.1. The predicted octanol–water partition coefficient (Wildman–Crippen LogP) is 12.5. The fourth-order valence-electron chi connectivity index (χ4n) is 12.9. The summed E-state index contributed by atoms with van der Waals surface area (Å²) >= 11 is 0. The first-order valence-electron chi connectivity index (χ1n) is 28.7. The highest BCUT2D eigenvalue weighted by atomic mass is 28.3. The highest BCUT2D eigenvalue weighted by Gasteiger charge is 2.46. The van der Waals surface area contributed by atoms with Crippen LogP contribution in [0.25, 0.3) is 76.9 Å². The minimum Gasteiger partial charge on any atom is -0.456 e. The van der Waals surface area contributed by atoms with E-state index in [0.717, 1.165) is 87.1 Å². The van der Waals surface area contributed by atoms with Crippen LogP contribution < -0.4 is 41.5 Å². The largest absolute Gasteiger partial charge is 0.456 e. The fraction of sp³-hybridized carbons (Fsp3) is 0. The minimum atomic E-state index is -3.61. The first-order valence-corrected chi connectivity index (χ1v) is 30.2. The van der Waals surface area contributed by atoms with Gasteiger partial charge in [-0.15, -0.1) is 0 Å². The van der Waals surface area contributed by atoms with Gasteiger partial charge in [-0.2, -0.15) is 0 Å². The monoisotopic (exact) mass is 1020 g/mol.